The summed E-state index contributed by atoms with van der Waals surface area (Å²) in [5, 5.41) is 11.4. The van der Waals surface area contributed by atoms with E-state index < -0.39 is 0 Å². The van der Waals surface area contributed by atoms with Crippen LogP contribution in [0.4, 0.5) is 0 Å². The van der Waals surface area contributed by atoms with Gasteiger partial charge in [-0.15, -0.1) is 5.10 Å². The fraction of sp³-hybridized carbons (Fsp3) is 0.238. The summed E-state index contributed by atoms with van der Waals surface area (Å²) in [7, 11) is 3.18. The number of hydrogen-bond acceptors (Lipinski definition) is 8. The molecule has 31 heavy (non-hydrogen) atoms. The Balaban J connectivity index is 1.50. The number of carbonyl (C=O) groups is 1. The molecule has 0 saturated heterocycles. The Morgan fingerprint density at radius 2 is 1.97 bits per heavy atom. The number of aromatic amines is 1. The van der Waals surface area contributed by atoms with Crippen molar-refractivity contribution in [1.29, 1.82) is 0 Å². The summed E-state index contributed by atoms with van der Waals surface area (Å²) >= 11 is 1.21. The van der Waals surface area contributed by atoms with E-state index in [4.69, 9.17) is 14.2 Å². The van der Waals surface area contributed by atoms with Gasteiger partial charge in [0.2, 0.25) is 5.16 Å². The number of hydrazone groups is 1. The number of ether oxygens (including phenoxy) is 3. The summed E-state index contributed by atoms with van der Waals surface area (Å²) in [5.41, 5.74) is 4.13. The molecule has 0 fully saturated rings. The van der Waals surface area contributed by atoms with Crippen LogP contribution in [0.3, 0.4) is 0 Å². The van der Waals surface area contributed by atoms with Crippen LogP contribution < -0.4 is 19.6 Å². The second-order valence-corrected chi connectivity index (χ2v) is 7.06. The molecule has 9 nitrogen and oxygen atoms in total. The van der Waals surface area contributed by atoms with Crippen LogP contribution in [0.15, 0.2) is 52.7 Å². The minimum absolute atomic E-state index is 0.129. The maximum Gasteiger partial charge on any atom is 0.250 e. The fourth-order valence-electron chi connectivity index (χ4n) is 2.57. The second-order valence-electron chi connectivity index (χ2n) is 6.12. The molecule has 1 heterocycles. The zero-order chi connectivity index (χ0) is 22.1. The quantitative estimate of drug-likeness (QED) is 0.282. The van der Waals surface area contributed by atoms with Crippen LogP contribution >= 0.6 is 11.8 Å². The number of nitrogens with one attached hydrogen (secondary N) is 2. The van der Waals surface area contributed by atoms with Gasteiger partial charge in [0.25, 0.3) is 5.91 Å². The molecule has 0 unspecified atom stereocenters. The first kappa shape index (κ1) is 22.2. The lowest BCUT2D eigenvalue weighted by Gasteiger charge is -2.09. The first-order chi connectivity index (χ1) is 15.1. The van der Waals surface area contributed by atoms with Gasteiger partial charge in [-0.05, 0) is 55.0 Å². The molecular formula is C21H23N5O4S. The SMILES string of the molecule is CCOc1ccc(/C=N/NC(=O)CSc2n[nH]c(-c3ccc(OC)cc3)n2)cc1OC. The van der Waals surface area contributed by atoms with Gasteiger partial charge in [-0.3, -0.25) is 9.89 Å². The van der Waals surface area contributed by atoms with E-state index in [9.17, 15) is 4.79 Å². The summed E-state index contributed by atoms with van der Waals surface area (Å²) < 4.78 is 15.9. The number of methoxy groups -OCH3 is 2. The lowest BCUT2D eigenvalue weighted by Crippen LogP contribution is -2.19. The molecule has 1 amide bonds. The van der Waals surface area contributed by atoms with Gasteiger partial charge < -0.3 is 14.2 Å². The van der Waals surface area contributed by atoms with Crippen LogP contribution in [-0.4, -0.2) is 53.9 Å². The summed E-state index contributed by atoms with van der Waals surface area (Å²) in [4.78, 5) is 16.4. The number of nitrogens with zero attached hydrogens (tertiary/aromatic N) is 3. The lowest BCUT2D eigenvalue weighted by atomic mass is 10.2. The van der Waals surface area contributed by atoms with E-state index in [-0.39, 0.29) is 11.7 Å². The third-order valence-corrected chi connectivity index (χ3v) is 4.90. The highest BCUT2D eigenvalue weighted by atomic mass is 32.2. The van der Waals surface area contributed by atoms with Gasteiger partial charge in [-0.2, -0.15) is 5.10 Å². The van der Waals surface area contributed by atoms with Crippen LogP contribution in [0.1, 0.15) is 12.5 Å². The molecule has 0 radical (unpaired) electrons. The Morgan fingerprint density at radius 3 is 2.68 bits per heavy atom. The van der Waals surface area contributed by atoms with Crippen LogP contribution in [-0.2, 0) is 4.79 Å². The number of H-pyrrole nitrogens is 1. The van der Waals surface area contributed by atoms with E-state index in [1.807, 2.05) is 37.3 Å². The average molecular weight is 442 g/mol. The van der Waals surface area contributed by atoms with Crippen molar-refractivity contribution in [1.82, 2.24) is 20.6 Å². The number of aromatic nitrogens is 3. The Morgan fingerprint density at radius 1 is 1.16 bits per heavy atom. The Hall–Kier alpha value is -3.53. The van der Waals surface area contributed by atoms with Crippen molar-refractivity contribution < 1.29 is 19.0 Å². The number of benzene rings is 2. The van der Waals surface area contributed by atoms with Crippen LogP contribution in [0.2, 0.25) is 0 Å². The summed E-state index contributed by atoms with van der Waals surface area (Å²) in [6.07, 6.45) is 1.54. The van der Waals surface area contributed by atoms with E-state index >= 15 is 0 Å². The lowest BCUT2D eigenvalue weighted by molar-refractivity contribution is -0.118. The first-order valence-electron chi connectivity index (χ1n) is 9.45. The molecule has 0 aliphatic heterocycles. The molecule has 10 heteroatoms. The van der Waals surface area contributed by atoms with Crippen molar-refractivity contribution in [3.8, 4) is 28.6 Å². The van der Waals surface area contributed by atoms with Gasteiger partial charge in [-0.1, -0.05) is 11.8 Å². The molecule has 0 atom stereocenters. The Kier molecular flexibility index (Phi) is 7.88. The summed E-state index contributed by atoms with van der Waals surface area (Å²) in [6.45, 7) is 2.45. The van der Waals surface area contributed by atoms with Crippen molar-refractivity contribution in [3.05, 3.63) is 48.0 Å². The molecule has 0 aliphatic carbocycles. The first-order valence-corrected chi connectivity index (χ1v) is 10.4. The molecule has 0 bridgehead atoms. The maximum atomic E-state index is 12.0. The molecule has 0 aliphatic rings. The van der Waals surface area contributed by atoms with Gasteiger partial charge in [0.15, 0.2) is 17.3 Å². The van der Waals surface area contributed by atoms with E-state index in [0.717, 1.165) is 16.9 Å². The zero-order valence-electron chi connectivity index (χ0n) is 17.4. The number of rotatable bonds is 10. The second kappa shape index (κ2) is 11.0. The van der Waals surface area contributed by atoms with Crippen molar-refractivity contribution in [2.45, 2.75) is 12.1 Å². The van der Waals surface area contributed by atoms with Gasteiger partial charge in [0.05, 0.1) is 32.8 Å². The molecule has 162 valence electrons. The predicted molar refractivity (Wildman–Crippen MR) is 119 cm³/mol. The minimum Gasteiger partial charge on any atom is -0.497 e. The minimum atomic E-state index is -0.269. The van der Waals surface area contributed by atoms with Crippen molar-refractivity contribution in [2.24, 2.45) is 5.10 Å². The highest BCUT2D eigenvalue weighted by Crippen LogP contribution is 2.27. The molecule has 0 spiro atoms. The van der Waals surface area contributed by atoms with Crippen LogP contribution in [0.5, 0.6) is 17.2 Å². The van der Waals surface area contributed by atoms with Crippen molar-refractivity contribution in [2.75, 3.05) is 26.6 Å². The summed E-state index contributed by atoms with van der Waals surface area (Å²) in [5.74, 6) is 2.50. The monoisotopic (exact) mass is 441 g/mol. The van der Waals surface area contributed by atoms with Crippen LogP contribution in [0.25, 0.3) is 11.4 Å². The van der Waals surface area contributed by atoms with Gasteiger partial charge in [-0.25, -0.2) is 10.4 Å². The standard InChI is InChI=1S/C21H23N5O4S/c1-4-30-17-10-5-14(11-18(17)29-3)12-22-24-19(27)13-31-21-23-20(25-26-21)15-6-8-16(28-2)9-7-15/h5-12H,4,13H2,1-3H3,(H,24,27)(H,23,25,26)/b22-12+. The molecule has 2 aromatic carbocycles. The largest absolute Gasteiger partial charge is 0.497 e. The topological polar surface area (TPSA) is 111 Å². The van der Waals surface area contributed by atoms with E-state index in [2.05, 4.69) is 25.7 Å². The predicted octanol–water partition coefficient (Wildman–Crippen LogP) is 3.13. The summed E-state index contributed by atoms with van der Waals surface area (Å²) in [6, 6.07) is 12.9. The molecule has 3 rings (SSSR count). The fourth-order valence-corrected chi connectivity index (χ4v) is 3.16. The highest BCUT2D eigenvalue weighted by Gasteiger charge is 2.09. The molecule has 2 N–H and O–H groups in total. The molecule has 3 aromatic rings. The van der Waals surface area contributed by atoms with E-state index in [1.54, 1.807) is 26.4 Å². The third kappa shape index (κ3) is 6.22. The highest BCUT2D eigenvalue weighted by molar-refractivity contribution is 7.99. The van der Waals surface area contributed by atoms with Gasteiger partial charge in [0, 0.05) is 5.56 Å². The number of amides is 1. The van der Waals surface area contributed by atoms with Crippen molar-refractivity contribution >= 4 is 23.9 Å². The van der Waals surface area contributed by atoms with E-state index in [0.29, 0.717) is 29.1 Å². The zero-order valence-corrected chi connectivity index (χ0v) is 18.2. The molecule has 0 saturated carbocycles. The van der Waals surface area contributed by atoms with Crippen LogP contribution in [0, 0.1) is 0 Å². The van der Waals surface area contributed by atoms with Gasteiger partial charge >= 0.3 is 0 Å². The third-order valence-electron chi connectivity index (χ3n) is 4.05. The van der Waals surface area contributed by atoms with E-state index in [1.165, 1.54) is 18.0 Å². The Bertz CT molecular complexity index is 1040. The van der Waals surface area contributed by atoms with Crippen molar-refractivity contribution in [3.63, 3.8) is 0 Å². The normalized spacial score (nSPS) is 10.8. The number of thioether (sulfide) groups is 1. The molecule has 1 aromatic heterocycles. The smallest absolute Gasteiger partial charge is 0.250 e. The number of carbonyl (C=O) groups excluding carboxylic acids is 1. The average Bonchev–Trinajstić information content (AvgIpc) is 3.28. The Labute approximate surface area is 184 Å². The molecular weight excluding hydrogens is 418 g/mol. The number of hydrogen-bond donors (Lipinski definition) is 2. The van der Waals surface area contributed by atoms with Gasteiger partial charge in [0.1, 0.15) is 5.75 Å². The maximum absolute atomic E-state index is 12.0.